The molecule has 0 saturated carbocycles. The first kappa shape index (κ1) is 13.0. The molecule has 0 amide bonds. The summed E-state index contributed by atoms with van der Waals surface area (Å²) in [7, 11) is 1.64. The van der Waals surface area contributed by atoms with Gasteiger partial charge in [-0.25, -0.2) is 0 Å². The van der Waals surface area contributed by atoms with Crippen LogP contribution in [0.1, 0.15) is 18.9 Å². The first-order chi connectivity index (χ1) is 7.76. The zero-order valence-corrected chi connectivity index (χ0v) is 9.98. The average Bonchev–Trinajstić information content (AvgIpc) is 2.29. The Morgan fingerprint density at radius 3 is 2.88 bits per heavy atom. The Hall–Kier alpha value is -1.06. The predicted octanol–water partition coefficient (Wildman–Crippen LogP) is 2.03. The van der Waals surface area contributed by atoms with Crippen molar-refractivity contribution >= 4 is 0 Å². The summed E-state index contributed by atoms with van der Waals surface area (Å²) in [6.07, 6.45) is 0.966. The van der Waals surface area contributed by atoms with E-state index in [1.807, 2.05) is 31.2 Å². The quantitative estimate of drug-likeness (QED) is 0.720. The van der Waals surface area contributed by atoms with E-state index in [2.05, 4.69) is 0 Å². The number of hydrogen-bond donors (Lipinski definition) is 1. The number of aliphatic hydroxyl groups is 1. The van der Waals surface area contributed by atoms with Crippen molar-refractivity contribution in [1.82, 2.24) is 0 Å². The second-order valence-corrected chi connectivity index (χ2v) is 3.70. The van der Waals surface area contributed by atoms with Crippen molar-refractivity contribution in [2.45, 2.75) is 25.9 Å². The van der Waals surface area contributed by atoms with Crippen LogP contribution in [0.4, 0.5) is 0 Å². The van der Waals surface area contributed by atoms with E-state index in [4.69, 9.17) is 9.47 Å². The third kappa shape index (κ3) is 4.64. The van der Waals surface area contributed by atoms with Gasteiger partial charge in [-0.15, -0.1) is 0 Å². The Morgan fingerprint density at radius 2 is 2.19 bits per heavy atom. The van der Waals surface area contributed by atoms with Gasteiger partial charge in [-0.1, -0.05) is 12.1 Å². The molecule has 1 aromatic rings. The maximum Gasteiger partial charge on any atom is 0.119 e. The number of methoxy groups -OCH3 is 1. The fourth-order valence-corrected chi connectivity index (χ4v) is 1.54. The second kappa shape index (κ2) is 7.25. The lowest BCUT2D eigenvalue weighted by Gasteiger charge is -2.11. The zero-order chi connectivity index (χ0) is 11.8. The molecule has 1 aromatic carbocycles. The number of hydrogen-bond acceptors (Lipinski definition) is 3. The summed E-state index contributed by atoms with van der Waals surface area (Å²) in [5.74, 6) is 0.828. The van der Waals surface area contributed by atoms with Crippen LogP contribution in [0.2, 0.25) is 0 Å². The third-order valence-corrected chi connectivity index (χ3v) is 2.41. The molecule has 90 valence electrons. The number of ether oxygens (including phenoxy) is 2. The van der Waals surface area contributed by atoms with E-state index in [0.29, 0.717) is 26.1 Å². The van der Waals surface area contributed by atoms with Crippen molar-refractivity contribution in [2.75, 3.05) is 20.3 Å². The van der Waals surface area contributed by atoms with Crippen LogP contribution in [-0.4, -0.2) is 31.5 Å². The Balaban J connectivity index is 2.39. The van der Waals surface area contributed by atoms with Crippen LogP contribution in [0.3, 0.4) is 0 Å². The molecule has 1 unspecified atom stereocenters. The normalized spacial score (nSPS) is 12.4. The summed E-state index contributed by atoms with van der Waals surface area (Å²) in [5.41, 5.74) is 1.09. The minimum absolute atomic E-state index is 0.348. The summed E-state index contributed by atoms with van der Waals surface area (Å²) in [5, 5.41) is 9.77. The van der Waals surface area contributed by atoms with Crippen LogP contribution >= 0.6 is 0 Å². The summed E-state index contributed by atoms with van der Waals surface area (Å²) in [4.78, 5) is 0. The van der Waals surface area contributed by atoms with Crippen LogP contribution in [0.25, 0.3) is 0 Å². The van der Waals surface area contributed by atoms with Crippen molar-refractivity contribution in [3.05, 3.63) is 29.8 Å². The third-order valence-electron chi connectivity index (χ3n) is 2.41. The van der Waals surface area contributed by atoms with E-state index in [-0.39, 0.29) is 6.10 Å². The Morgan fingerprint density at radius 1 is 1.38 bits per heavy atom. The topological polar surface area (TPSA) is 38.7 Å². The van der Waals surface area contributed by atoms with Crippen LogP contribution in [0.15, 0.2) is 24.3 Å². The highest BCUT2D eigenvalue weighted by atomic mass is 16.5. The van der Waals surface area contributed by atoms with Crippen LogP contribution in [-0.2, 0) is 11.2 Å². The lowest BCUT2D eigenvalue weighted by atomic mass is 10.1. The zero-order valence-electron chi connectivity index (χ0n) is 9.98. The highest BCUT2D eigenvalue weighted by Crippen LogP contribution is 2.14. The molecule has 0 aliphatic rings. The van der Waals surface area contributed by atoms with Gasteiger partial charge in [-0.2, -0.15) is 0 Å². The van der Waals surface area contributed by atoms with E-state index < -0.39 is 0 Å². The largest absolute Gasteiger partial charge is 0.497 e. The molecule has 0 aliphatic heterocycles. The molecule has 0 fully saturated rings. The molecule has 0 saturated heterocycles. The van der Waals surface area contributed by atoms with Crippen LogP contribution in [0.5, 0.6) is 5.75 Å². The van der Waals surface area contributed by atoms with E-state index >= 15 is 0 Å². The highest BCUT2D eigenvalue weighted by molar-refractivity contribution is 5.28. The van der Waals surface area contributed by atoms with Gasteiger partial charge in [0.1, 0.15) is 5.75 Å². The van der Waals surface area contributed by atoms with Gasteiger partial charge in [0.15, 0.2) is 0 Å². The molecule has 0 heterocycles. The molecule has 1 rings (SSSR count). The van der Waals surface area contributed by atoms with Gasteiger partial charge in [-0.05, 0) is 37.5 Å². The fourth-order valence-electron chi connectivity index (χ4n) is 1.54. The maximum absolute atomic E-state index is 9.77. The summed E-state index contributed by atoms with van der Waals surface area (Å²) < 4.78 is 10.3. The van der Waals surface area contributed by atoms with Crippen molar-refractivity contribution in [2.24, 2.45) is 0 Å². The molecule has 1 N–H and O–H groups in total. The molecule has 0 aliphatic carbocycles. The van der Waals surface area contributed by atoms with E-state index in [9.17, 15) is 5.11 Å². The minimum atomic E-state index is -0.348. The molecule has 0 spiro atoms. The first-order valence-electron chi connectivity index (χ1n) is 5.65. The number of benzene rings is 1. The van der Waals surface area contributed by atoms with Crippen molar-refractivity contribution in [3.8, 4) is 5.75 Å². The van der Waals surface area contributed by atoms with E-state index in [0.717, 1.165) is 11.3 Å². The summed E-state index contributed by atoms with van der Waals surface area (Å²) in [6, 6.07) is 7.77. The standard InChI is InChI=1S/C13H20O3/c1-3-16-8-7-12(14)9-11-5-4-6-13(10-11)15-2/h4-6,10,12,14H,3,7-9H2,1-2H3. The molecule has 3 nitrogen and oxygen atoms in total. The number of aliphatic hydroxyl groups excluding tert-OH is 1. The maximum atomic E-state index is 9.77. The molecular weight excluding hydrogens is 204 g/mol. The minimum Gasteiger partial charge on any atom is -0.497 e. The molecule has 1 atom stereocenters. The Kier molecular flexibility index (Phi) is 5.90. The molecule has 0 radical (unpaired) electrons. The van der Waals surface area contributed by atoms with Crippen LogP contribution in [0, 0.1) is 0 Å². The molecular formula is C13H20O3. The van der Waals surface area contributed by atoms with Crippen LogP contribution < -0.4 is 4.74 Å². The van der Waals surface area contributed by atoms with Gasteiger partial charge in [0.2, 0.25) is 0 Å². The van der Waals surface area contributed by atoms with Crippen molar-refractivity contribution in [3.63, 3.8) is 0 Å². The van der Waals surface area contributed by atoms with Gasteiger partial charge in [0.25, 0.3) is 0 Å². The predicted molar refractivity (Wildman–Crippen MR) is 63.8 cm³/mol. The molecule has 16 heavy (non-hydrogen) atoms. The number of rotatable bonds is 7. The Bertz CT molecular complexity index is 299. The second-order valence-electron chi connectivity index (χ2n) is 3.70. The van der Waals surface area contributed by atoms with Gasteiger partial charge >= 0.3 is 0 Å². The van der Waals surface area contributed by atoms with Gasteiger partial charge < -0.3 is 14.6 Å². The molecule has 0 bridgehead atoms. The highest BCUT2D eigenvalue weighted by Gasteiger charge is 2.06. The average molecular weight is 224 g/mol. The summed E-state index contributed by atoms with van der Waals surface area (Å²) >= 11 is 0. The molecule has 0 aromatic heterocycles. The SMILES string of the molecule is CCOCCC(O)Cc1cccc(OC)c1. The van der Waals surface area contributed by atoms with E-state index in [1.54, 1.807) is 7.11 Å². The lowest BCUT2D eigenvalue weighted by Crippen LogP contribution is -2.13. The summed E-state index contributed by atoms with van der Waals surface area (Å²) in [6.45, 7) is 3.27. The van der Waals surface area contributed by atoms with Gasteiger partial charge in [-0.3, -0.25) is 0 Å². The van der Waals surface area contributed by atoms with Crippen molar-refractivity contribution < 1.29 is 14.6 Å². The monoisotopic (exact) mass is 224 g/mol. The van der Waals surface area contributed by atoms with Gasteiger partial charge in [0.05, 0.1) is 13.2 Å². The smallest absolute Gasteiger partial charge is 0.119 e. The first-order valence-corrected chi connectivity index (χ1v) is 5.65. The van der Waals surface area contributed by atoms with E-state index in [1.165, 1.54) is 0 Å². The molecule has 3 heteroatoms. The lowest BCUT2D eigenvalue weighted by molar-refractivity contribution is 0.0887. The Labute approximate surface area is 97.0 Å². The van der Waals surface area contributed by atoms with Crippen molar-refractivity contribution in [1.29, 1.82) is 0 Å². The fraction of sp³-hybridized carbons (Fsp3) is 0.538. The van der Waals surface area contributed by atoms with Gasteiger partial charge in [0, 0.05) is 13.2 Å².